The number of halogens is 2. The maximum absolute atomic E-state index is 14.1. The predicted octanol–water partition coefficient (Wildman–Crippen LogP) is 3.64. The van der Waals surface area contributed by atoms with Crippen molar-refractivity contribution in [1.29, 1.82) is 0 Å². The average molecular weight is 408 g/mol. The molecule has 1 amide bonds. The second kappa shape index (κ2) is 8.57. The number of hydrogen-bond donors (Lipinski definition) is 1. The van der Waals surface area contributed by atoms with Gasteiger partial charge in [-0.25, -0.2) is 8.78 Å². The van der Waals surface area contributed by atoms with Crippen molar-refractivity contribution in [3.05, 3.63) is 77.8 Å². The van der Waals surface area contributed by atoms with Gasteiger partial charge < -0.3 is 10.6 Å². The molecule has 3 aromatic rings. The maximum Gasteiger partial charge on any atom is 0.228 e. The van der Waals surface area contributed by atoms with Gasteiger partial charge in [0, 0.05) is 36.6 Å². The highest BCUT2D eigenvalue weighted by atomic mass is 19.1. The van der Waals surface area contributed by atoms with Gasteiger partial charge >= 0.3 is 0 Å². The normalized spacial score (nSPS) is 13.9. The summed E-state index contributed by atoms with van der Waals surface area (Å²) in [5.74, 6) is -0.957. The van der Waals surface area contributed by atoms with Crippen LogP contribution in [0.25, 0.3) is 11.3 Å². The summed E-state index contributed by atoms with van der Waals surface area (Å²) in [6, 6.07) is 12.4. The van der Waals surface area contributed by atoms with E-state index in [-0.39, 0.29) is 17.9 Å². The zero-order valence-corrected chi connectivity index (χ0v) is 16.4. The van der Waals surface area contributed by atoms with Crippen molar-refractivity contribution in [2.45, 2.75) is 19.3 Å². The minimum Gasteiger partial charge on any atom is -0.397 e. The SMILES string of the molecule is Nc1ccc(-c2ccc(F)cc2F)nc1CC(=O)N1CC(CCc2ccccn2)C1. The number of nitrogens with zero attached hydrogens (tertiary/aromatic N) is 3. The van der Waals surface area contributed by atoms with Crippen molar-refractivity contribution in [2.75, 3.05) is 18.8 Å². The van der Waals surface area contributed by atoms with Gasteiger partial charge in [-0.2, -0.15) is 0 Å². The van der Waals surface area contributed by atoms with Crippen LogP contribution < -0.4 is 5.73 Å². The number of nitrogen functional groups attached to an aromatic ring is 1. The van der Waals surface area contributed by atoms with Crippen molar-refractivity contribution in [3.63, 3.8) is 0 Å². The van der Waals surface area contributed by atoms with Crippen LogP contribution in [0, 0.1) is 17.6 Å². The van der Waals surface area contributed by atoms with E-state index in [0.717, 1.165) is 24.6 Å². The third-order valence-electron chi connectivity index (χ3n) is 5.38. The highest BCUT2D eigenvalue weighted by molar-refractivity contribution is 5.81. The zero-order valence-electron chi connectivity index (χ0n) is 16.4. The molecule has 5 nitrogen and oxygen atoms in total. The quantitative estimate of drug-likeness (QED) is 0.676. The van der Waals surface area contributed by atoms with E-state index >= 15 is 0 Å². The predicted molar refractivity (Wildman–Crippen MR) is 110 cm³/mol. The Morgan fingerprint density at radius 1 is 1.13 bits per heavy atom. The van der Waals surface area contributed by atoms with Gasteiger partial charge in [-0.15, -0.1) is 0 Å². The molecule has 0 radical (unpaired) electrons. The molecule has 4 rings (SSSR count). The van der Waals surface area contributed by atoms with Crippen LogP contribution in [-0.2, 0) is 17.6 Å². The summed E-state index contributed by atoms with van der Waals surface area (Å²) in [6.45, 7) is 1.41. The molecule has 0 aliphatic carbocycles. The fourth-order valence-electron chi connectivity index (χ4n) is 3.61. The second-order valence-corrected chi connectivity index (χ2v) is 7.56. The highest BCUT2D eigenvalue weighted by Crippen LogP contribution is 2.26. The van der Waals surface area contributed by atoms with E-state index in [1.54, 1.807) is 23.2 Å². The van der Waals surface area contributed by atoms with E-state index in [2.05, 4.69) is 9.97 Å². The Hall–Kier alpha value is -3.35. The van der Waals surface area contributed by atoms with E-state index in [1.807, 2.05) is 18.2 Å². The number of anilines is 1. The number of amides is 1. The Morgan fingerprint density at radius 3 is 2.70 bits per heavy atom. The number of aryl methyl sites for hydroxylation is 1. The summed E-state index contributed by atoms with van der Waals surface area (Å²) in [6.07, 6.45) is 3.72. The molecule has 1 aromatic carbocycles. The van der Waals surface area contributed by atoms with E-state index < -0.39 is 11.6 Å². The molecule has 0 bridgehead atoms. The fourth-order valence-corrected chi connectivity index (χ4v) is 3.61. The molecule has 1 aliphatic rings. The van der Waals surface area contributed by atoms with E-state index in [4.69, 9.17) is 5.73 Å². The zero-order chi connectivity index (χ0) is 21.1. The highest BCUT2D eigenvalue weighted by Gasteiger charge is 2.30. The van der Waals surface area contributed by atoms with Crippen molar-refractivity contribution >= 4 is 11.6 Å². The van der Waals surface area contributed by atoms with Gasteiger partial charge in [0.2, 0.25) is 5.91 Å². The van der Waals surface area contributed by atoms with Gasteiger partial charge in [0.1, 0.15) is 11.6 Å². The van der Waals surface area contributed by atoms with Crippen LogP contribution in [0.4, 0.5) is 14.5 Å². The second-order valence-electron chi connectivity index (χ2n) is 7.56. The average Bonchev–Trinajstić information content (AvgIpc) is 2.69. The molecular formula is C23H22F2N4O. The monoisotopic (exact) mass is 408 g/mol. The van der Waals surface area contributed by atoms with E-state index in [1.165, 1.54) is 12.1 Å². The Bertz CT molecular complexity index is 1050. The number of hydrogen-bond acceptors (Lipinski definition) is 4. The number of nitrogens with two attached hydrogens (primary N) is 1. The molecular weight excluding hydrogens is 386 g/mol. The molecule has 7 heteroatoms. The van der Waals surface area contributed by atoms with Crippen molar-refractivity contribution in [3.8, 4) is 11.3 Å². The molecule has 1 fully saturated rings. The van der Waals surface area contributed by atoms with Crippen molar-refractivity contribution < 1.29 is 13.6 Å². The molecule has 1 saturated heterocycles. The van der Waals surface area contributed by atoms with Gasteiger partial charge in [-0.3, -0.25) is 14.8 Å². The van der Waals surface area contributed by atoms with Crippen molar-refractivity contribution in [2.24, 2.45) is 5.92 Å². The van der Waals surface area contributed by atoms with Gasteiger partial charge in [0.25, 0.3) is 0 Å². The summed E-state index contributed by atoms with van der Waals surface area (Å²) < 4.78 is 27.2. The molecule has 0 spiro atoms. The van der Waals surface area contributed by atoms with Gasteiger partial charge in [0.15, 0.2) is 0 Å². The first-order valence-corrected chi connectivity index (χ1v) is 9.88. The number of carbonyl (C=O) groups excluding carboxylic acids is 1. The van der Waals surface area contributed by atoms with Gasteiger partial charge in [-0.05, 0) is 55.2 Å². The summed E-state index contributed by atoms with van der Waals surface area (Å²) in [7, 11) is 0. The molecule has 2 aromatic heterocycles. The molecule has 154 valence electrons. The number of pyridine rings is 2. The lowest BCUT2D eigenvalue weighted by Crippen LogP contribution is -2.50. The van der Waals surface area contributed by atoms with Crippen molar-refractivity contribution in [1.82, 2.24) is 14.9 Å². The molecule has 30 heavy (non-hydrogen) atoms. The molecule has 3 heterocycles. The van der Waals surface area contributed by atoms with Crippen LogP contribution in [0.5, 0.6) is 0 Å². The molecule has 0 unspecified atom stereocenters. The van der Waals surface area contributed by atoms with Crippen LogP contribution in [0.1, 0.15) is 17.8 Å². The lowest BCUT2D eigenvalue weighted by molar-refractivity contribution is -0.136. The van der Waals surface area contributed by atoms with Crippen LogP contribution in [0.15, 0.2) is 54.7 Å². The van der Waals surface area contributed by atoms with Crippen LogP contribution in [0.3, 0.4) is 0 Å². The minimum absolute atomic E-state index is 0.0510. The molecule has 2 N–H and O–H groups in total. The molecule has 0 atom stereocenters. The summed E-state index contributed by atoms with van der Waals surface area (Å²) in [5.41, 5.74) is 8.31. The maximum atomic E-state index is 14.1. The number of likely N-dealkylation sites (tertiary alicyclic amines) is 1. The molecule has 1 aliphatic heterocycles. The van der Waals surface area contributed by atoms with Crippen LogP contribution >= 0.6 is 0 Å². The lowest BCUT2D eigenvalue weighted by atomic mass is 9.93. The first kappa shape index (κ1) is 19.9. The summed E-state index contributed by atoms with van der Waals surface area (Å²) in [4.78, 5) is 23.1. The topological polar surface area (TPSA) is 72.1 Å². The third kappa shape index (κ3) is 4.45. The summed E-state index contributed by atoms with van der Waals surface area (Å²) in [5, 5.41) is 0. The number of aromatic nitrogens is 2. The first-order valence-electron chi connectivity index (χ1n) is 9.88. The number of rotatable bonds is 6. The van der Waals surface area contributed by atoms with Crippen LogP contribution in [0.2, 0.25) is 0 Å². The smallest absolute Gasteiger partial charge is 0.228 e. The van der Waals surface area contributed by atoms with Gasteiger partial charge in [-0.1, -0.05) is 6.07 Å². The molecule has 0 saturated carbocycles. The third-order valence-corrected chi connectivity index (χ3v) is 5.38. The largest absolute Gasteiger partial charge is 0.397 e. The fraction of sp³-hybridized carbons (Fsp3) is 0.261. The van der Waals surface area contributed by atoms with Gasteiger partial charge in [0.05, 0.1) is 23.5 Å². The Labute approximate surface area is 173 Å². The number of carbonyl (C=O) groups is 1. The standard InChI is InChI=1S/C23H22F2N4O/c24-16-5-7-18(19(25)11-16)21-9-8-20(26)22(28-21)12-23(30)29-13-15(14-29)4-6-17-3-1-2-10-27-17/h1-3,5,7-11,15H,4,6,12-14,26H2. The first-order chi connectivity index (χ1) is 14.5. The Balaban J connectivity index is 1.36. The van der Waals surface area contributed by atoms with E-state index in [9.17, 15) is 13.6 Å². The minimum atomic E-state index is -0.706. The van der Waals surface area contributed by atoms with E-state index in [0.29, 0.717) is 36.1 Å². The Kier molecular flexibility index (Phi) is 5.70. The Morgan fingerprint density at radius 2 is 1.97 bits per heavy atom. The number of benzene rings is 1. The summed E-state index contributed by atoms with van der Waals surface area (Å²) >= 11 is 0. The lowest BCUT2D eigenvalue weighted by Gasteiger charge is -2.39. The van der Waals surface area contributed by atoms with Crippen LogP contribution in [-0.4, -0.2) is 33.9 Å².